The van der Waals surface area contributed by atoms with E-state index in [1.165, 1.54) is 0 Å². The molecule has 0 spiro atoms. The Kier molecular flexibility index (Phi) is 6.02. The molecule has 0 aliphatic heterocycles. The highest BCUT2D eigenvalue weighted by molar-refractivity contribution is 5.94. The number of carbonyl (C=O) groups is 2. The lowest BCUT2D eigenvalue weighted by Gasteiger charge is -2.12. The predicted octanol–water partition coefficient (Wildman–Crippen LogP) is 1.17. The zero-order valence-corrected chi connectivity index (χ0v) is 11.2. The summed E-state index contributed by atoms with van der Waals surface area (Å²) < 4.78 is 0. The number of carbonyl (C=O) groups excluding carboxylic acids is 2. The fraction of sp³-hybridized carbons (Fsp3) is 0.429. The van der Waals surface area contributed by atoms with Crippen LogP contribution < -0.4 is 16.8 Å². The fourth-order valence-corrected chi connectivity index (χ4v) is 1.70. The molecule has 0 unspecified atom stereocenters. The monoisotopic (exact) mass is 263 g/mol. The maximum Gasteiger partial charge on any atom is 0.241 e. The molecule has 104 valence electrons. The molecule has 1 aromatic rings. The molecule has 0 bridgehead atoms. The van der Waals surface area contributed by atoms with Gasteiger partial charge in [0.25, 0.3) is 0 Å². The Labute approximate surface area is 113 Å². The number of nitrogens with one attached hydrogen (secondary N) is 1. The van der Waals surface area contributed by atoms with E-state index in [0.717, 1.165) is 18.4 Å². The number of amides is 2. The lowest BCUT2D eigenvalue weighted by Crippen LogP contribution is -2.35. The molecule has 1 rings (SSSR count). The van der Waals surface area contributed by atoms with Crippen molar-refractivity contribution in [2.75, 3.05) is 5.32 Å². The lowest BCUT2D eigenvalue weighted by atomic mass is 10.1. The first-order chi connectivity index (χ1) is 9.02. The van der Waals surface area contributed by atoms with Crippen LogP contribution >= 0.6 is 0 Å². The maximum absolute atomic E-state index is 11.8. The third-order valence-electron chi connectivity index (χ3n) is 2.81. The second-order valence-corrected chi connectivity index (χ2v) is 4.58. The Balaban J connectivity index is 2.52. The molecule has 0 heterocycles. The standard InChI is InChI=1S/C14H21N3O2/c1-2-3-4-12(15)14(19)17-11-7-5-10(6-8-11)9-13(16)18/h5-8,12H,2-4,9,15H2,1H3,(H2,16,18)(H,17,19)/t12-/m0/s1. The Bertz CT molecular complexity index is 429. The molecule has 5 heteroatoms. The minimum Gasteiger partial charge on any atom is -0.369 e. The van der Waals surface area contributed by atoms with E-state index in [1.807, 2.05) is 0 Å². The van der Waals surface area contributed by atoms with Gasteiger partial charge in [0.1, 0.15) is 0 Å². The number of nitrogens with two attached hydrogens (primary N) is 2. The summed E-state index contributed by atoms with van der Waals surface area (Å²) in [7, 11) is 0. The second kappa shape index (κ2) is 7.53. The number of rotatable bonds is 7. The SMILES string of the molecule is CCCC[C@H](N)C(=O)Nc1ccc(CC(N)=O)cc1. The summed E-state index contributed by atoms with van der Waals surface area (Å²) in [5, 5.41) is 2.75. The number of hydrogen-bond acceptors (Lipinski definition) is 3. The number of hydrogen-bond donors (Lipinski definition) is 3. The maximum atomic E-state index is 11.8. The molecular weight excluding hydrogens is 242 g/mol. The highest BCUT2D eigenvalue weighted by atomic mass is 16.2. The van der Waals surface area contributed by atoms with Crippen molar-refractivity contribution in [1.82, 2.24) is 0 Å². The van der Waals surface area contributed by atoms with Crippen molar-refractivity contribution >= 4 is 17.5 Å². The molecule has 19 heavy (non-hydrogen) atoms. The summed E-state index contributed by atoms with van der Waals surface area (Å²) in [6, 6.07) is 6.52. The molecule has 5 nitrogen and oxygen atoms in total. The van der Waals surface area contributed by atoms with E-state index < -0.39 is 6.04 Å². The van der Waals surface area contributed by atoms with Gasteiger partial charge in [0, 0.05) is 5.69 Å². The van der Waals surface area contributed by atoms with Crippen LogP contribution in [0.25, 0.3) is 0 Å². The zero-order valence-electron chi connectivity index (χ0n) is 11.2. The van der Waals surface area contributed by atoms with Gasteiger partial charge >= 0.3 is 0 Å². The molecule has 2 amide bonds. The van der Waals surface area contributed by atoms with Crippen molar-refractivity contribution in [2.45, 2.75) is 38.6 Å². The van der Waals surface area contributed by atoms with Crippen LogP contribution in [0.15, 0.2) is 24.3 Å². The summed E-state index contributed by atoms with van der Waals surface area (Å²) in [5.41, 5.74) is 12.4. The van der Waals surface area contributed by atoms with Crippen molar-refractivity contribution < 1.29 is 9.59 Å². The minimum atomic E-state index is -0.481. The van der Waals surface area contributed by atoms with Crippen LogP contribution in [0.1, 0.15) is 31.7 Å². The highest BCUT2D eigenvalue weighted by Crippen LogP contribution is 2.11. The molecule has 0 fully saturated rings. The smallest absolute Gasteiger partial charge is 0.241 e. The number of unbranched alkanes of at least 4 members (excludes halogenated alkanes) is 1. The lowest BCUT2D eigenvalue weighted by molar-refractivity contribution is -0.118. The van der Waals surface area contributed by atoms with E-state index in [9.17, 15) is 9.59 Å². The number of primary amides is 1. The van der Waals surface area contributed by atoms with E-state index in [-0.39, 0.29) is 18.2 Å². The normalized spacial score (nSPS) is 11.9. The molecule has 0 saturated heterocycles. The van der Waals surface area contributed by atoms with Crippen LogP contribution in [0.5, 0.6) is 0 Å². The Hall–Kier alpha value is -1.88. The van der Waals surface area contributed by atoms with Crippen LogP contribution in [0.4, 0.5) is 5.69 Å². The molecule has 1 aromatic carbocycles. The summed E-state index contributed by atoms with van der Waals surface area (Å²) in [6.45, 7) is 2.06. The molecule has 0 aromatic heterocycles. The second-order valence-electron chi connectivity index (χ2n) is 4.58. The number of benzene rings is 1. The Morgan fingerprint density at radius 2 is 1.89 bits per heavy atom. The first-order valence-corrected chi connectivity index (χ1v) is 6.46. The van der Waals surface area contributed by atoms with Crippen LogP contribution in [-0.4, -0.2) is 17.9 Å². The quantitative estimate of drug-likeness (QED) is 0.688. The zero-order chi connectivity index (χ0) is 14.3. The van der Waals surface area contributed by atoms with E-state index in [2.05, 4.69) is 12.2 Å². The Morgan fingerprint density at radius 3 is 2.42 bits per heavy atom. The average Bonchev–Trinajstić information content (AvgIpc) is 2.37. The van der Waals surface area contributed by atoms with Crippen molar-refractivity contribution in [3.05, 3.63) is 29.8 Å². The van der Waals surface area contributed by atoms with Gasteiger partial charge in [0.15, 0.2) is 0 Å². The van der Waals surface area contributed by atoms with Crippen molar-refractivity contribution in [2.24, 2.45) is 11.5 Å². The van der Waals surface area contributed by atoms with Gasteiger partial charge < -0.3 is 16.8 Å². The van der Waals surface area contributed by atoms with Gasteiger partial charge in [-0.05, 0) is 24.1 Å². The Morgan fingerprint density at radius 1 is 1.26 bits per heavy atom. The molecule has 1 atom stereocenters. The van der Waals surface area contributed by atoms with E-state index in [1.54, 1.807) is 24.3 Å². The van der Waals surface area contributed by atoms with Crippen LogP contribution in [-0.2, 0) is 16.0 Å². The first-order valence-electron chi connectivity index (χ1n) is 6.46. The summed E-state index contributed by atoms with van der Waals surface area (Å²) in [4.78, 5) is 22.5. The van der Waals surface area contributed by atoms with Gasteiger partial charge in [-0.2, -0.15) is 0 Å². The molecule has 0 aliphatic carbocycles. The van der Waals surface area contributed by atoms with Crippen LogP contribution in [0.2, 0.25) is 0 Å². The van der Waals surface area contributed by atoms with E-state index >= 15 is 0 Å². The first kappa shape index (κ1) is 15.2. The largest absolute Gasteiger partial charge is 0.369 e. The number of anilines is 1. The molecule has 0 saturated carbocycles. The van der Waals surface area contributed by atoms with Crippen LogP contribution in [0, 0.1) is 0 Å². The van der Waals surface area contributed by atoms with Crippen molar-refractivity contribution in [1.29, 1.82) is 0 Å². The minimum absolute atomic E-state index is 0.184. The van der Waals surface area contributed by atoms with Gasteiger partial charge in [-0.25, -0.2) is 0 Å². The summed E-state index contributed by atoms with van der Waals surface area (Å²) in [5.74, 6) is -0.561. The third-order valence-corrected chi connectivity index (χ3v) is 2.81. The van der Waals surface area contributed by atoms with E-state index in [4.69, 9.17) is 11.5 Å². The third kappa shape index (κ3) is 5.52. The van der Waals surface area contributed by atoms with Crippen molar-refractivity contribution in [3.63, 3.8) is 0 Å². The molecule has 0 radical (unpaired) electrons. The highest BCUT2D eigenvalue weighted by Gasteiger charge is 2.12. The molecular formula is C14H21N3O2. The summed E-state index contributed by atoms with van der Waals surface area (Å²) >= 11 is 0. The van der Waals surface area contributed by atoms with Gasteiger partial charge in [-0.15, -0.1) is 0 Å². The van der Waals surface area contributed by atoms with Gasteiger partial charge in [0.05, 0.1) is 12.5 Å². The van der Waals surface area contributed by atoms with Crippen LogP contribution in [0.3, 0.4) is 0 Å². The average molecular weight is 263 g/mol. The molecule has 0 aliphatic rings. The van der Waals surface area contributed by atoms with Gasteiger partial charge in [0.2, 0.25) is 11.8 Å². The van der Waals surface area contributed by atoms with Gasteiger partial charge in [-0.1, -0.05) is 31.9 Å². The molecule has 5 N–H and O–H groups in total. The van der Waals surface area contributed by atoms with E-state index in [0.29, 0.717) is 12.1 Å². The predicted molar refractivity (Wildman–Crippen MR) is 75.5 cm³/mol. The topological polar surface area (TPSA) is 98.2 Å². The van der Waals surface area contributed by atoms with Crippen molar-refractivity contribution in [3.8, 4) is 0 Å². The summed E-state index contributed by atoms with van der Waals surface area (Å²) in [6.07, 6.45) is 2.83. The van der Waals surface area contributed by atoms with Gasteiger partial charge in [-0.3, -0.25) is 9.59 Å². The fourth-order valence-electron chi connectivity index (χ4n) is 1.70.